The molecule has 0 saturated carbocycles. The quantitative estimate of drug-likeness (QED) is 0.747. The van der Waals surface area contributed by atoms with Gasteiger partial charge in [0.2, 0.25) is 0 Å². The van der Waals surface area contributed by atoms with E-state index in [1.165, 1.54) is 18.3 Å². The largest absolute Gasteiger partial charge is 0.416 e. The topological polar surface area (TPSA) is 38.9 Å². The molecule has 1 aromatic carbocycles. The van der Waals surface area contributed by atoms with E-state index in [4.69, 9.17) is 5.73 Å². The lowest BCUT2D eigenvalue weighted by atomic mass is 10.0. The zero-order chi connectivity index (χ0) is 14.2. The number of halogens is 5. The van der Waals surface area contributed by atoms with Gasteiger partial charge in [-0.3, -0.25) is 0 Å². The van der Waals surface area contributed by atoms with Crippen molar-refractivity contribution in [3.8, 4) is 11.1 Å². The summed E-state index contributed by atoms with van der Waals surface area (Å²) in [5, 5.41) is 0. The fourth-order valence-corrected chi connectivity index (χ4v) is 2.91. The van der Waals surface area contributed by atoms with Crippen LogP contribution < -0.4 is 5.73 Å². The van der Waals surface area contributed by atoms with Gasteiger partial charge >= 0.3 is 6.18 Å². The Labute approximate surface area is 124 Å². The van der Waals surface area contributed by atoms with Gasteiger partial charge in [0.1, 0.15) is 5.82 Å². The first-order valence-electron chi connectivity index (χ1n) is 5.08. The number of rotatable bonds is 1. The third kappa shape index (κ3) is 2.92. The first kappa shape index (κ1) is 14.3. The van der Waals surface area contributed by atoms with Gasteiger partial charge in [0.05, 0.1) is 10.0 Å². The van der Waals surface area contributed by atoms with Crippen molar-refractivity contribution in [2.45, 2.75) is 6.18 Å². The molecule has 0 bridgehead atoms. The van der Waals surface area contributed by atoms with E-state index in [0.717, 1.165) is 12.1 Å². The summed E-state index contributed by atoms with van der Waals surface area (Å²) in [5.74, 6) is 0.276. The van der Waals surface area contributed by atoms with Gasteiger partial charge in [-0.05, 0) is 49.6 Å². The molecule has 1 aromatic heterocycles. The number of nitrogen functional groups attached to an aromatic ring is 1. The summed E-state index contributed by atoms with van der Waals surface area (Å²) in [4.78, 5) is 3.93. The van der Waals surface area contributed by atoms with E-state index in [-0.39, 0.29) is 5.82 Å². The maximum absolute atomic E-state index is 12.5. The Kier molecular flexibility index (Phi) is 3.87. The van der Waals surface area contributed by atoms with Crippen molar-refractivity contribution in [3.05, 3.63) is 45.0 Å². The Morgan fingerprint density at radius 2 is 1.63 bits per heavy atom. The molecule has 2 aromatic rings. The fourth-order valence-electron chi connectivity index (χ4n) is 1.57. The number of alkyl halides is 3. The van der Waals surface area contributed by atoms with Gasteiger partial charge < -0.3 is 5.73 Å². The fraction of sp³-hybridized carbons (Fsp3) is 0.0833. The zero-order valence-electron chi connectivity index (χ0n) is 9.30. The first-order chi connectivity index (χ1) is 8.80. The second-order valence-electron chi connectivity index (χ2n) is 3.76. The van der Waals surface area contributed by atoms with Gasteiger partial charge in [-0.25, -0.2) is 4.98 Å². The van der Waals surface area contributed by atoms with Crippen LogP contribution in [0.1, 0.15) is 5.56 Å². The Morgan fingerprint density at radius 1 is 1.05 bits per heavy atom. The van der Waals surface area contributed by atoms with E-state index in [9.17, 15) is 13.2 Å². The van der Waals surface area contributed by atoms with E-state index < -0.39 is 11.7 Å². The Balaban J connectivity index is 2.52. The standard InChI is InChI=1S/C12H7Br2F3N2/c13-8-5-19-11(18)10(14)9(8)6-1-3-7(4-2-6)12(15,16)17/h1-5H,(H2,18,19). The first-order valence-corrected chi connectivity index (χ1v) is 6.66. The van der Waals surface area contributed by atoms with Crippen molar-refractivity contribution in [1.29, 1.82) is 0 Å². The second kappa shape index (κ2) is 5.13. The van der Waals surface area contributed by atoms with Crippen LogP contribution in [0.2, 0.25) is 0 Å². The highest BCUT2D eigenvalue weighted by Crippen LogP contribution is 2.38. The monoisotopic (exact) mass is 394 g/mol. The number of anilines is 1. The maximum atomic E-state index is 12.5. The molecule has 0 unspecified atom stereocenters. The molecule has 0 fully saturated rings. The predicted octanol–water partition coefficient (Wildman–Crippen LogP) is 4.87. The summed E-state index contributed by atoms with van der Waals surface area (Å²) in [6.07, 6.45) is -2.84. The number of hydrogen-bond acceptors (Lipinski definition) is 2. The van der Waals surface area contributed by atoms with E-state index in [0.29, 0.717) is 20.1 Å². The van der Waals surface area contributed by atoms with E-state index in [1.807, 2.05) is 0 Å². The average molecular weight is 396 g/mol. The van der Waals surface area contributed by atoms with E-state index >= 15 is 0 Å². The van der Waals surface area contributed by atoms with Gasteiger partial charge in [-0.1, -0.05) is 12.1 Å². The van der Waals surface area contributed by atoms with Gasteiger partial charge in [0, 0.05) is 16.2 Å². The molecule has 7 heteroatoms. The molecule has 2 N–H and O–H groups in total. The summed E-state index contributed by atoms with van der Waals surface area (Å²) in [5.41, 5.74) is 6.26. The predicted molar refractivity (Wildman–Crippen MR) is 74.5 cm³/mol. The number of nitrogens with zero attached hydrogens (tertiary/aromatic N) is 1. The molecule has 0 aliphatic heterocycles. The van der Waals surface area contributed by atoms with Crippen molar-refractivity contribution in [1.82, 2.24) is 4.98 Å². The van der Waals surface area contributed by atoms with Crippen molar-refractivity contribution < 1.29 is 13.2 Å². The molecule has 19 heavy (non-hydrogen) atoms. The van der Waals surface area contributed by atoms with Crippen LogP contribution in [0.15, 0.2) is 39.4 Å². The number of nitrogens with two attached hydrogens (primary N) is 1. The smallest absolute Gasteiger partial charge is 0.383 e. The normalized spacial score (nSPS) is 11.6. The summed E-state index contributed by atoms with van der Waals surface area (Å²) in [7, 11) is 0. The second-order valence-corrected chi connectivity index (χ2v) is 5.40. The molecule has 100 valence electrons. The molecule has 0 amide bonds. The highest BCUT2D eigenvalue weighted by atomic mass is 79.9. The molecule has 0 saturated heterocycles. The van der Waals surface area contributed by atoms with Crippen LogP contribution in [0.5, 0.6) is 0 Å². The van der Waals surface area contributed by atoms with Crippen LogP contribution in [-0.4, -0.2) is 4.98 Å². The Hall–Kier alpha value is -1.08. The minimum absolute atomic E-state index is 0.276. The van der Waals surface area contributed by atoms with Crippen LogP contribution in [0, 0.1) is 0 Å². The SMILES string of the molecule is Nc1ncc(Br)c(-c2ccc(C(F)(F)F)cc2)c1Br. The zero-order valence-corrected chi connectivity index (χ0v) is 12.5. The molecule has 2 rings (SSSR count). The van der Waals surface area contributed by atoms with E-state index in [1.54, 1.807) is 0 Å². The van der Waals surface area contributed by atoms with Gasteiger partial charge in [-0.2, -0.15) is 13.2 Å². The molecular weight excluding hydrogens is 389 g/mol. The summed E-state index contributed by atoms with van der Waals surface area (Å²) in [6.45, 7) is 0. The number of aromatic nitrogens is 1. The molecule has 1 heterocycles. The average Bonchev–Trinajstić information content (AvgIpc) is 2.34. The number of pyridine rings is 1. The Bertz CT molecular complexity index is 610. The lowest BCUT2D eigenvalue weighted by Gasteiger charge is -2.11. The lowest BCUT2D eigenvalue weighted by Crippen LogP contribution is -2.04. The van der Waals surface area contributed by atoms with Crippen LogP contribution in [0.3, 0.4) is 0 Å². The molecule has 0 aliphatic carbocycles. The van der Waals surface area contributed by atoms with Crippen molar-refractivity contribution >= 4 is 37.7 Å². The van der Waals surface area contributed by atoms with Crippen molar-refractivity contribution in [2.75, 3.05) is 5.73 Å². The van der Waals surface area contributed by atoms with E-state index in [2.05, 4.69) is 36.8 Å². The van der Waals surface area contributed by atoms with Crippen LogP contribution in [0.4, 0.5) is 19.0 Å². The summed E-state index contributed by atoms with van der Waals surface area (Å²) < 4.78 is 38.7. The summed E-state index contributed by atoms with van der Waals surface area (Å²) >= 11 is 6.59. The molecule has 0 atom stereocenters. The van der Waals surface area contributed by atoms with Crippen LogP contribution >= 0.6 is 31.9 Å². The molecular formula is C12H7Br2F3N2. The minimum atomic E-state index is -4.34. The van der Waals surface area contributed by atoms with Crippen molar-refractivity contribution in [2.24, 2.45) is 0 Å². The van der Waals surface area contributed by atoms with Crippen molar-refractivity contribution in [3.63, 3.8) is 0 Å². The van der Waals surface area contributed by atoms with Gasteiger partial charge in [0.15, 0.2) is 0 Å². The third-order valence-electron chi connectivity index (χ3n) is 2.50. The molecule has 0 spiro atoms. The van der Waals surface area contributed by atoms with Gasteiger partial charge in [0.25, 0.3) is 0 Å². The highest BCUT2D eigenvalue weighted by Gasteiger charge is 2.30. The minimum Gasteiger partial charge on any atom is -0.383 e. The van der Waals surface area contributed by atoms with Crippen LogP contribution in [0.25, 0.3) is 11.1 Å². The lowest BCUT2D eigenvalue weighted by molar-refractivity contribution is -0.137. The summed E-state index contributed by atoms with van der Waals surface area (Å²) in [6, 6.07) is 4.86. The Morgan fingerprint density at radius 3 is 2.16 bits per heavy atom. The number of benzene rings is 1. The maximum Gasteiger partial charge on any atom is 0.416 e. The van der Waals surface area contributed by atoms with Crippen LogP contribution in [-0.2, 0) is 6.18 Å². The molecule has 2 nitrogen and oxygen atoms in total. The molecule has 0 aliphatic rings. The molecule has 0 radical (unpaired) electrons. The third-order valence-corrected chi connectivity index (χ3v) is 3.91. The van der Waals surface area contributed by atoms with Gasteiger partial charge in [-0.15, -0.1) is 0 Å². The highest BCUT2D eigenvalue weighted by molar-refractivity contribution is 9.11. The number of hydrogen-bond donors (Lipinski definition) is 1.